The van der Waals surface area contributed by atoms with Crippen LogP contribution in [0.3, 0.4) is 0 Å². The predicted molar refractivity (Wildman–Crippen MR) is 92.5 cm³/mol. The molecule has 0 atom stereocenters. The maximum atomic E-state index is 10.9. The first-order valence-electron chi connectivity index (χ1n) is 7.72. The van der Waals surface area contributed by atoms with Gasteiger partial charge in [0, 0.05) is 6.54 Å². The molecule has 1 aliphatic rings. The van der Waals surface area contributed by atoms with Crippen LogP contribution in [-0.2, 0) is 19.4 Å². The Hall–Kier alpha value is -2.04. The van der Waals surface area contributed by atoms with Crippen LogP contribution < -0.4 is 10.6 Å². The van der Waals surface area contributed by atoms with E-state index in [1.165, 1.54) is 11.1 Å². The van der Waals surface area contributed by atoms with Crippen molar-refractivity contribution in [2.45, 2.75) is 19.4 Å². The van der Waals surface area contributed by atoms with Gasteiger partial charge in [-0.1, -0.05) is 29.8 Å². The zero-order valence-corrected chi connectivity index (χ0v) is 13.5. The highest BCUT2D eigenvalue weighted by atomic mass is 35.5. The number of hydrogen-bond donors (Lipinski definition) is 3. The smallest absolute Gasteiger partial charge is 0.335 e. The van der Waals surface area contributed by atoms with Gasteiger partial charge in [-0.05, 0) is 60.8 Å². The molecular formula is C18H19ClN2O2. The SMILES string of the molecule is O=C(O)c1ccc(CNc2c(Cl)ccc3c2CCNCC3)cc1. The summed E-state index contributed by atoms with van der Waals surface area (Å²) in [6.07, 6.45) is 1.96. The molecule has 3 N–H and O–H groups in total. The van der Waals surface area contributed by atoms with E-state index in [4.69, 9.17) is 16.7 Å². The Morgan fingerprint density at radius 2 is 1.87 bits per heavy atom. The lowest BCUT2D eigenvalue weighted by atomic mass is 10.0. The number of fused-ring (bicyclic) bond motifs is 1. The Labute approximate surface area is 140 Å². The Morgan fingerprint density at radius 1 is 1.13 bits per heavy atom. The molecule has 0 unspecified atom stereocenters. The minimum absolute atomic E-state index is 0.298. The van der Waals surface area contributed by atoms with Crippen molar-refractivity contribution in [2.75, 3.05) is 18.4 Å². The van der Waals surface area contributed by atoms with Crippen LogP contribution in [0.5, 0.6) is 0 Å². The van der Waals surface area contributed by atoms with Crippen molar-refractivity contribution < 1.29 is 9.90 Å². The van der Waals surface area contributed by atoms with Gasteiger partial charge in [0.05, 0.1) is 16.3 Å². The monoisotopic (exact) mass is 330 g/mol. The molecule has 0 bridgehead atoms. The Kier molecular flexibility index (Phi) is 4.84. The van der Waals surface area contributed by atoms with Crippen LogP contribution in [0.1, 0.15) is 27.0 Å². The molecule has 0 radical (unpaired) electrons. The molecule has 3 rings (SSSR count). The number of hydrogen-bond acceptors (Lipinski definition) is 3. The third-order valence-corrected chi connectivity index (χ3v) is 4.47. The lowest BCUT2D eigenvalue weighted by molar-refractivity contribution is 0.0697. The zero-order valence-electron chi connectivity index (χ0n) is 12.7. The molecule has 2 aromatic rings. The van der Waals surface area contributed by atoms with E-state index in [1.807, 2.05) is 18.2 Å². The summed E-state index contributed by atoms with van der Waals surface area (Å²) in [5.41, 5.74) is 4.94. The molecule has 0 aromatic heterocycles. The van der Waals surface area contributed by atoms with Crippen molar-refractivity contribution in [3.63, 3.8) is 0 Å². The van der Waals surface area contributed by atoms with Gasteiger partial charge in [-0.3, -0.25) is 0 Å². The lowest BCUT2D eigenvalue weighted by Crippen LogP contribution is -2.16. The maximum Gasteiger partial charge on any atom is 0.335 e. The fourth-order valence-corrected chi connectivity index (χ4v) is 3.13. The number of rotatable bonds is 4. The topological polar surface area (TPSA) is 61.4 Å². The van der Waals surface area contributed by atoms with Gasteiger partial charge in [-0.2, -0.15) is 0 Å². The summed E-state index contributed by atoms with van der Waals surface area (Å²) < 4.78 is 0. The van der Waals surface area contributed by atoms with E-state index in [-0.39, 0.29) is 0 Å². The molecule has 5 heteroatoms. The first-order chi connectivity index (χ1) is 11.1. The van der Waals surface area contributed by atoms with Crippen LogP contribution in [0.2, 0.25) is 5.02 Å². The Morgan fingerprint density at radius 3 is 2.61 bits per heavy atom. The van der Waals surface area contributed by atoms with E-state index in [2.05, 4.69) is 16.7 Å². The van der Waals surface area contributed by atoms with Crippen molar-refractivity contribution >= 4 is 23.3 Å². The molecule has 0 saturated heterocycles. The van der Waals surface area contributed by atoms with Gasteiger partial charge >= 0.3 is 5.97 Å². The number of halogens is 1. The molecule has 1 heterocycles. The Balaban J connectivity index is 1.78. The summed E-state index contributed by atoms with van der Waals surface area (Å²) >= 11 is 6.39. The van der Waals surface area contributed by atoms with Gasteiger partial charge in [0.1, 0.15) is 0 Å². The number of benzene rings is 2. The van der Waals surface area contributed by atoms with Gasteiger partial charge in [0.2, 0.25) is 0 Å². The molecule has 0 aliphatic carbocycles. The van der Waals surface area contributed by atoms with Crippen LogP contribution in [0.25, 0.3) is 0 Å². The fourth-order valence-electron chi connectivity index (χ4n) is 2.89. The lowest BCUT2D eigenvalue weighted by Gasteiger charge is -2.16. The van der Waals surface area contributed by atoms with E-state index in [0.717, 1.165) is 42.2 Å². The second-order valence-corrected chi connectivity index (χ2v) is 6.07. The molecule has 0 spiro atoms. The molecule has 23 heavy (non-hydrogen) atoms. The van der Waals surface area contributed by atoms with Crippen LogP contribution >= 0.6 is 11.6 Å². The van der Waals surface area contributed by atoms with Crippen molar-refractivity contribution in [2.24, 2.45) is 0 Å². The molecule has 0 amide bonds. The molecule has 2 aromatic carbocycles. The zero-order chi connectivity index (χ0) is 16.2. The highest BCUT2D eigenvalue weighted by Gasteiger charge is 2.14. The molecule has 1 aliphatic heterocycles. The highest BCUT2D eigenvalue weighted by molar-refractivity contribution is 6.33. The van der Waals surface area contributed by atoms with Crippen LogP contribution in [0, 0.1) is 0 Å². The quantitative estimate of drug-likeness (QED) is 0.804. The second kappa shape index (κ2) is 7.02. The average molecular weight is 331 g/mol. The normalized spacial score (nSPS) is 14.0. The van der Waals surface area contributed by atoms with Gasteiger partial charge in [-0.25, -0.2) is 4.79 Å². The van der Waals surface area contributed by atoms with Crippen LogP contribution in [0.4, 0.5) is 5.69 Å². The van der Waals surface area contributed by atoms with E-state index in [9.17, 15) is 4.79 Å². The number of carboxylic acids is 1. The third kappa shape index (κ3) is 3.66. The minimum atomic E-state index is -0.909. The van der Waals surface area contributed by atoms with Crippen molar-refractivity contribution in [1.29, 1.82) is 0 Å². The summed E-state index contributed by atoms with van der Waals surface area (Å²) in [7, 11) is 0. The Bertz CT molecular complexity index is 714. The number of carbonyl (C=O) groups is 1. The predicted octanol–water partition coefficient (Wildman–Crippen LogP) is 3.34. The molecule has 0 fully saturated rings. The largest absolute Gasteiger partial charge is 0.478 e. The summed E-state index contributed by atoms with van der Waals surface area (Å²) in [6.45, 7) is 2.56. The van der Waals surface area contributed by atoms with E-state index in [1.54, 1.807) is 12.1 Å². The summed E-state index contributed by atoms with van der Waals surface area (Å²) in [6, 6.07) is 11.0. The standard InChI is InChI=1S/C18H19ClN2O2/c19-16-6-5-13-7-9-20-10-8-15(13)17(16)21-11-12-1-3-14(4-2-12)18(22)23/h1-6,20-21H,7-11H2,(H,22,23). The third-order valence-electron chi connectivity index (χ3n) is 4.15. The first-order valence-corrected chi connectivity index (χ1v) is 8.10. The minimum Gasteiger partial charge on any atom is -0.478 e. The number of nitrogens with one attached hydrogen (secondary N) is 2. The first kappa shape index (κ1) is 15.8. The molecule has 4 nitrogen and oxygen atoms in total. The van der Waals surface area contributed by atoms with Crippen molar-refractivity contribution in [3.8, 4) is 0 Å². The fraction of sp³-hybridized carbons (Fsp3) is 0.278. The second-order valence-electron chi connectivity index (χ2n) is 5.67. The van der Waals surface area contributed by atoms with E-state index < -0.39 is 5.97 Å². The number of carboxylic acid groups (broad SMARTS) is 1. The summed E-state index contributed by atoms with van der Waals surface area (Å²) in [5.74, 6) is -0.909. The number of anilines is 1. The van der Waals surface area contributed by atoms with Gasteiger partial charge < -0.3 is 15.7 Å². The van der Waals surface area contributed by atoms with Crippen LogP contribution in [-0.4, -0.2) is 24.2 Å². The van der Waals surface area contributed by atoms with Crippen molar-refractivity contribution in [3.05, 3.63) is 63.7 Å². The van der Waals surface area contributed by atoms with Gasteiger partial charge in [0.15, 0.2) is 0 Å². The summed E-state index contributed by atoms with van der Waals surface area (Å²) in [4.78, 5) is 10.9. The summed E-state index contributed by atoms with van der Waals surface area (Å²) in [5, 5.41) is 16.5. The molecule has 0 saturated carbocycles. The van der Waals surface area contributed by atoms with Gasteiger partial charge in [0.25, 0.3) is 0 Å². The molecular weight excluding hydrogens is 312 g/mol. The van der Waals surface area contributed by atoms with E-state index >= 15 is 0 Å². The molecule has 120 valence electrons. The van der Waals surface area contributed by atoms with Crippen LogP contribution in [0.15, 0.2) is 36.4 Å². The van der Waals surface area contributed by atoms with E-state index in [0.29, 0.717) is 12.1 Å². The number of aromatic carboxylic acids is 1. The average Bonchev–Trinajstić information content (AvgIpc) is 2.80. The van der Waals surface area contributed by atoms with Gasteiger partial charge in [-0.15, -0.1) is 0 Å². The van der Waals surface area contributed by atoms with Crippen molar-refractivity contribution in [1.82, 2.24) is 5.32 Å². The highest BCUT2D eigenvalue weighted by Crippen LogP contribution is 2.31. The maximum absolute atomic E-state index is 10.9.